The highest BCUT2D eigenvalue weighted by Gasteiger charge is 2.30. The second-order valence-electron chi connectivity index (χ2n) is 6.55. The summed E-state index contributed by atoms with van der Waals surface area (Å²) in [5.41, 5.74) is 1.82. The predicted octanol–water partition coefficient (Wildman–Crippen LogP) is 4.77. The summed E-state index contributed by atoms with van der Waals surface area (Å²) in [6.45, 7) is 3.09. The fourth-order valence-electron chi connectivity index (χ4n) is 3.20. The Kier molecular flexibility index (Phi) is 5.25. The van der Waals surface area contributed by atoms with Crippen LogP contribution < -0.4 is 15.4 Å². The van der Waals surface area contributed by atoms with Gasteiger partial charge in [-0.25, -0.2) is 9.37 Å². The van der Waals surface area contributed by atoms with E-state index in [2.05, 4.69) is 15.6 Å². The van der Waals surface area contributed by atoms with Crippen molar-refractivity contribution in [2.45, 2.75) is 25.9 Å². The van der Waals surface area contributed by atoms with Gasteiger partial charge in [0.2, 0.25) is 5.91 Å². The van der Waals surface area contributed by atoms with Crippen LogP contribution in [0.5, 0.6) is 5.75 Å². The molecule has 2 N–H and O–H groups in total. The zero-order chi connectivity index (χ0) is 19.5. The van der Waals surface area contributed by atoms with Crippen molar-refractivity contribution in [2.24, 2.45) is 0 Å². The van der Waals surface area contributed by atoms with Crippen LogP contribution in [-0.2, 0) is 11.4 Å². The molecule has 1 aromatic heterocycles. The van der Waals surface area contributed by atoms with E-state index >= 15 is 0 Å². The number of carbonyl (C=O) groups is 1. The quantitative estimate of drug-likeness (QED) is 0.629. The Labute approximate surface area is 166 Å². The van der Waals surface area contributed by atoms with Crippen LogP contribution in [-0.4, -0.2) is 17.4 Å². The Balaban J connectivity index is 1.50. The van der Waals surface area contributed by atoms with E-state index in [-0.39, 0.29) is 17.6 Å². The summed E-state index contributed by atoms with van der Waals surface area (Å²) in [6, 6.07) is 14.1. The van der Waals surface area contributed by atoms with Crippen molar-refractivity contribution in [3.05, 3.63) is 70.4 Å². The SMILES string of the molecule is CCNc1nc2c(s1)C(c1ccc(OCc3cccc(F)c3)cc1)CC(=O)N2. The molecule has 0 saturated heterocycles. The molecule has 0 saturated carbocycles. The van der Waals surface area contributed by atoms with Crippen molar-refractivity contribution in [1.29, 1.82) is 0 Å². The number of ether oxygens (including phenoxy) is 1. The first-order valence-corrected chi connectivity index (χ1v) is 9.95. The molecule has 2 heterocycles. The lowest BCUT2D eigenvalue weighted by Gasteiger charge is -2.21. The van der Waals surface area contributed by atoms with Gasteiger partial charge >= 0.3 is 0 Å². The predicted molar refractivity (Wildman–Crippen MR) is 109 cm³/mol. The topological polar surface area (TPSA) is 63.3 Å². The fourth-order valence-corrected chi connectivity index (χ4v) is 4.32. The molecule has 1 aliphatic heterocycles. The number of halogens is 1. The van der Waals surface area contributed by atoms with Gasteiger partial charge in [-0.05, 0) is 42.3 Å². The second kappa shape index (κ2) is 7.98. The first-order chi connectivity index (χ1) is 13.6. The molecule has 0 bridgehead atoms. The molecule has 3 aromatic rings. The molecule has 0 fully saturated rings. The molecule has 2 aromatic carbocycles. The maximum Gasteiger partial charge on any atom is 0.226 e. The number of anilines is 2. The van der Waals surface area contributed by atoms with Crippen molar-refractivity contribution in [3.8, 4) is 5.75 Å². The second-order valence-corrected chi connectivity index (χ2v) is 7.59. The maximum absolute atomic E-state index is 13.3. The lowest BCUT2D eigenvalue weighted by atomic mass is 9.91. The Morgan fingerprint density at radius 2 is 2.11 bits per heavy atom. The number of amides is 1. The zero-order valence-corrected chi connectivity index (χ0v) is 16.2. The minimum atomic E-state index is -0.274. The molecule has 1 atom stereocenters. The number of nitrogens with zero attached hydrogens (tertiary/aromatic N) is 1. The number of hydrogen-bond acceptors (Lipinski definition) is 5. The van der Waals surface area contributed by atoms with Crippen LogP contribution in [0, 0.1) is 5.82 Å². The Bertz CT molecular complexity index is 988. The maximum atomic E-state index is 13.3. The zero-order valence-electron chi connectivity index (χ0n) is 15.4. The summed E-state index contributed by atoms with van der Waals surface area (Å²) in [6.07, 6.45) is 0.393. The average Bonchev–Trinajstić information content (AvgIpc) is 3.09. The van der Waals surface area contributed by atoms with E-state index in [1.807, 2.05) is 37.3 Å². The van der Waals surface area contributed by atoms with Crippen molar-refractivity contribution in [1.82, 2.24) is 4.98 Å². The third-order valence-corrected chi connectivity index (χ3v) is 5.65. The van der Waals surface area contributed by atoms with Crippen LogP contribution >= 0.6 is 11.3 Å². The summed E-state index contributed by atoms with van der Waals surface area (Å²) in [7, 11) is 0. The summed E-state index contributed by atoms with van der Waals surface area (Å²) >= 11 is 1.57. The highest BCUT2D eigenvalue weighted by Crippen LogP contribution is 2.42. The molecular formula is C21H20FN3O2S. The van der Waals surface area contributed by atoms with E-state index in [0.29, 0.717) is 24.6 Å². The molecule has 0 radical (unpaired) electrons. The molecule has 1 amide bonds. The number of rotatable bonds is 6. The molecular weight excluding hydrogens is 377 g/mol. The Morgan fingerprint density at radius 3 is 2.86 bits per heavy atom. The third-order valence-electron chi connectivity index (χ3n) is 4.52. The molecule has 7 heteroatoms. The molecule has 28 heavy (non-hydrogen) atoms. The number of fused-ring (bicyclic) bond motifs is 1. The van der Waals surface area contributed by atoms with Crippen molar-refractivity contribution >= 4 is 28.2 Å². The number of benzene rings is 2. The van der Waals surface area contributed by atoms with Crippen LogP contribution in [0.15, 0.2) is 48.5 Å². The lowest BCUT2D eigenvalue weighted by molar-refractivity contribution is -0.116. The molecule has 5 nitrogen and oxygen atoms in total. The smallest absolute Gasteiger partial charge is 0.226 e. The molecule has 4 rings (SSSR count). The van der Waals surface area contributed by atoms with Gasteiger partial charge in [-0.3, -0.25) is 4.79 Å². The van der Waals surface area contributed by atoms with E-state index in [1.165, 1.54) is 12.1 Å². The Morgan fingerprint density at radius 1 is 1.29 bits per heavy atom. The summed E-state index contributed by atoms with van der Waals surface area (Å²) in [4.78, 5) is 17.6. The normalized spacial score (nSPS) is 15.6. The van der Waals surface area contributed by atoms with Gasteiger partial charge in [0.15, 0.2) is 5.13 Å². The van der Waals surface area contributed by atoms with Gasteiger partial charge < -0.3 is 15.4 Å². The van der Waals surface area contributed by atoms with E-state index < -0.39 is 0 Å². The highest BCUT2D eigenvalue weighted by molar-refractivity contribution is 7.16. The molecule has 0 aliphatic carbocycles. The Hall–Kier alpha value is -2.93. The van der Waals surface area contributed by atoms with Gasteiger partial charge in [-0.1, -0.05) is 35.6 Å². The number of nitrogens with one attached hydrogen (secondary N) is 2. The standard InChI is InChI=1S/C21H20FN3O2S/c1-2-23-21-25-20-19(28-21)17(11-18(26)24-20)14-6-8-16(9-7-14)27-12-13-4-3-5-15(22)10-13/h3-10,17H,2,11-12H2,1H3,(H,23,25)(H,24,26). The molecule has 144 valence electrons. The minimum absolute atomic E-state index is 0.0223. The van der Waals surface area contributed by atoms with Crippen LogP contribution in [0.2, 0.25) is 0 Å². The van der Waals surface area contributed by atoms with Crippen LogP contribution in [0.3, 0.4) is 0 Å². The molecule has 1 unspecified atom stereocenters. The first-order valence-electron chi connectivity index (χ1n) is 9.14. The monoisotopic (exact) mass is 397 g/mol. The average molecular weight is 397 g/mol. The van der Waals surface area contributed by atoms with Crippen molar-refractivity contribution in [3.63, 3.8) is 0 Å². The first kappa shape index (κ1) is 18.4. The van der Waals surface area contributed by atoms with Gasteiger partial charge in [0, 0.05) is 18.9 Å². The van der Waals surface area contributed by atoms with E-state index in [4.69, 9.17) is 4.74 Å². The fraction of sp³-hybridized carbons (Fsp3) is 0.238. The number of aromatic nitrogens is 1. The van der Waals surface area contributed by atoms with Gasteiger partial charge in [0.1, 0.15) is 24.0 Å². The number of carbonyl (C=O) groups excluding carboxylic acids is 1. The lowest BCUT2D eigenvalue weighted by Crippen LogP contribution is -2.22. The van der Waals surface area contributed by atoms with Gasteiger partial charge in [0.05, 0.1) is 4.88 Å². The van der Waals surface area contributed by atoms with Crippen LogP contribution in [0.25, 0.3) is 0 Å². The minimum Gasteiger partial charge on any atom is -0.489 e. The number of thiazole rings is 1. The van der Waals surface area contributed by atoms with Gasteiger partial charge in [-0.2, -0.15) is 0 Å². The van der Waals surface area contributed by atoms with Gasteiger partial charge in [-0.15, -0.1) is 0 Å². The van der Waals surface area contributed by atoms with Crippen LogP contribution in [0.4, 0.5) is 15.3 Å². The van der Waals surface area contributed by atoms with Crippen molar-refractivity contribution < 1.29 is 13.9 Å². The summed E-state index contributed by atoms with van der Waals surface area (Å²) < 4.78 is 19.0. The van der Waals surface area contributed by atoms with E-state index in [1.54, 1.807) is 17.4 Å². The van der Waals surface area contributed by atoms with Crippen molar-refractivity contribution in [2.75, 3.05) is 17.2 Å². The van der Waals surface area contributed by atoms with Crippen LogP contribution in [0.1, 0.15) is 35.3 Å². The largest absolute Gasteiger partial charge is 0.489 e. The molecule has 1 aliphatic rings. The third kappa shape index (κ3) is 3.99. The highest BCUT2D eigenvalue weighted by atomic mass is 32.1. The number of hydrogen-bond donors (Lipinski definition) is 2. The summed E-state index contributed by atoms with van der Waals surface area (Å²) in [5, 5.41) is 6.88. The van der Waals surface area contributed by atoms with E-state index in [9.17, 15) is 9.18 Å². The van der Waals surface area contributed by atoms with Gasteiger partial charge in [0.25, 0.3) is 0 Å². The molecule has 0 spiro atoms. The van der Waals surface area contributed by atoms with E-state index in [0.717, 1.165) is 27.7 Å². The summed E-state index contributed by atoms with van der Waals surface area (Å²) in [5.74, 6) is 1.02.